The van der Waals surface area contributed by atoms with Gasteiger partial charge in [-0.05, 0) is 23.9 Å². The minimum absolute atomic E-state index is 0.120. The lowest BCUT2D eigenvalue weighted by molar-refractivity contribution is 0.0956. The fourth-order valence-corrected chi connectivity index (χ4v) is 2.92. The molecule has 3 aromatic heterocycles. The SMILES string of the molecule is Cc1ccsc1C(=O)NCCn1c(=O)[nH]c2cncnc21. The van der Waals surface area contributed by atoms with Crippen LogP contribution in [0.2, 0.25) is 0 Å². The second-order valence-electron chi connectivity index (χ2n) is 4.53. The fourth-order valence-electron chi connectivity index (χ4n) is 2.08. The molecular formula is C13H13N5O2S. The van der Waals surface area contributed by atoms with Crippen molar-refractivity contribution >= 4 is 28.4 Å². The Morgan fingerprint density at radius 3 is 3.14 bits per heavy atom. The molecule has 0 saturated carbocycles. The largest absolute Gasteiger partial charge is 0.350 e. The Morgan fingerprint density at radius 2 is 2.38 bits per heavy atom. The van der Waals surface area contributed by atoms with E-state index in [4.69, 9.17) is 0 Å². The Balaban J connectivity index is 1.70. The summed E-state index contributed by atoms with van der Waals surface area (Å²) in [7, 11) is 0. The van der Waals surface area contributed by atoms with Gasteiger partial charge in [0.1, 0.15) is 11.8 Å². The first-order valence-corrected chi connectivity index (χ1v) is 7.25. The molecule has 0 atom stereocenters. The Kier molecular flexibility index (Phi) is 3.53. The number of fused-ring (bicyclic) bond motifs is 1. The maximum atomic E-state index is 12.0. The van der Waals surface area contributed by atoms with Crippen LogP contribution >= 0.6 is 11.3 Å². The predicted octanol–water partition coefficient (Wildman–Crippen LogP) is 0.920. The van der Waals surface area contributed by atoms with E-state index in [1.54, 1.807) is 6.20 Å². The van der Waals surface area contributed by atoms with Gasteiger partial charge < -0.3 is 10.3 Å². The maximum absolute atomic E-state index is 12.0. The van der Waals surface area contributed by atoms with Crippen LogP contribution in [0.25, 0.3) is 11.2 Å². The van der Waals surface area contributed by atoms with Crippen LogP contribution in [-0.2, 0) is 6.54 Å². The van der Waals surface area contributed by atoms with Crippen molar-refractivity contribution in [3.63, 3.8) is 0 Å². The highest BCUT2D eigenvalue weighted by molar-refractivity contribution is 7.12. The number of H-pyrrole nitrogens is 1. The molecule has 3 rings (SSSR count). The molecular weight excluding hydrogens is 290 g/mol. The third-order valence-corrected chi connectivity index (χ3v) is 4.14. The van der Waals surface area contributed by atoms with Crippen molar-refractivity contribution in [3.05, 3.63) is 44.9 Å². The third-order valence-electron chi connectivity index (χ3n) is 3.12. The number of hydrogen-bond donors (Lipinski definition) is 2. The molecule has 7 nitrogen and oxygen atoms in total. The summed E-state index contributed by atoms with van der Waals surface area (Å²) >= 11 is 1.40. The van der Waals surface area contributed by atoms with Crippen molar-refractivity contribution in [2.75, 3.05) is 6.54 Å². The first-order valence-electron chi connectivity index (χ1n) is 6.37. The van der Waals surface area contributed by atoms with Crippen molar-refractivity contribution in [2.24, 2.45) is 0 Å². The molecule has 8 heteroatoms. The van der Waals surface area contributed by atoms with E-state index in [1.165, 1.54) is 22.2 Å². The zero-order valence-electron chi connectivity index (χ0n) is 11.3. The zero-order valence-corrected chi connectivity index (χ0v) is 12.1. The molecule has 0 aliphatic rings. The second kappa shape index (κ2) is 5.49. The van der Waals surface area contributed by atoms with Gasteiger partial charge in [-0.15, -0.1) is 11.3 Å². The molecule has 0 saturated heterocycles. The summed E-state index contributed by atoms with van der Waals surface area (Å²) in [6.45, 7) is 2.60. The monoisotopic (exact) mass is 303 g/mol. The highest BCUT2D eigenvalue weighted by Crippen LogP contribution is 2.14. The van der Waals surface area contributed by atoms with E-state index in [0.717, 1.165) is 5.56 Å². The minimum atomic E-state index is -0.257. The summed E-state index contributed by atoms with van der Waals surface area (Å²) in [6.07, 6.45) is 2.94. The fraction of sp³-hybridized carbons (Fsp3) is 0.231. The minimum Gasteiger partial charge on any atom is -0.350 e. The molecule has 0 fully saturated rings. The van der Waals surface area contributed by atoms with E-state index >= 15 is 0 Å². The van der Waals surface area contributed by atoms with Gasteiger partial charge in [-0.2, -0.15) is 0 Å². The highest BCUT2D eigenvalue weighted by atomic mass is 32.1. The Hall–Kier alpha value is -2.48. The van der Waals surface area contributed by atoms with Crippen LogP contribution in [0.5, 0.6) is 0 Å². The second-order valence-corrected chi connectivity index (χ2v) is 5.45. The van der Waals surface area contributed by atoms with Crippen molar-refractivity contribution in [1.29, 1.82) is 0 Å². The number of aromatic nitrogens is 4. The maximum Gasteiger partial charge on any atom is 0.327 e. The molecule has 3 aromatic rings. The van der Waals surface area contributed by atoms with Gasteiger partial charge in [0.15, 0.2) is 5.65 Å². The van der Waals surface area contributed by atoms with Gasteiger partial charge in [0.2, 0.25) is 0 Å². The predicted molar refractivity (Wildman–Crippen MR) is 79.5 cm³/mol. The quantitative estimate of drug-likeness (QED) is 0.749. The molecule has 0 aliphatic heterocycles. The number of rotatable bonds is 4. The van der Waals surface area contributed by atoms with Crippen molar-refractivity contribution in [2.45, 2.75) is 13.5 Å². The van der Waals surface area contributed by atoms with E-state index in [0.29, 0.717) is 29.1 Å². The summed E-state index contributed by atoms with van der Waals surface area (Å²) in [5, 5.41) is 4.69. The van der Waals surface area contributed by atoms with Gasteiger partial charge in [0.25, 0.3) is 5.91 Å². The molecule has 108 valence electrons. The van der Waals surface area contributed by atoms with Crippen LogP contribution in [-0.4, -0.2) is 32.0 Å². The van der Waals surface area contributed by atoms with Crippen molar-refractivity contribution in [1.82, 2.24) is 24.8 Å². The Labute approximate surface area is 123 Å². The van der Waals surface area contributed by atoms with Crippen LogP contribution < -0.4 is 11.0 Å². The van der Waals surface area contributed by atoms with Crippen LogP contribution in [0.4, 0.5) is 0 Å². The summed E-state index contributed by atoms with van der Waals surface area (Å²) in [5.74, 6) is -0.120. The molecule has 0 aromatic carbocycles. The summed E-state index contributed by atoms with van der Waals surface area (Å²) in [4.78, 5) is 35.1. The lowest BCUT2D eigenvalue weighted by atomic mass is 10.3. The smallest absolute Gasteiger partial charge is 0.327 e. The normalized spacial score (nSPS) is 10.9. The Bertz CT molecular complexity index is 847. The zero-order chi connectivity index (χ0) is 14.8. The van der Waals surface area contributed by atoms with E-state index in [2.05, 4.69) is 20.3 Å². The molecule has 0 bridgehead atoms. The number of nitrogens with one attached hydrogen (secondary N) is 2. The molecule has 0 unspecified atom stereocenters. The van der Waals surface area contributed by atoms with Crippen LogP contribution in [0.15, 0.2) is 28.8 Å². The molecule has 0 aliphatic carbocycles. The topological polar surface area (TPSA) is 92.7 Å². The molecule has 2 N–H and O–H groups in total. The number of nitrogens with zero attached hydrogens (tertiary/aromatic N) is 3. The van der Waals surface area contributed by atoms with Crippen LogP contribution in [0, 0.1) is 6.92 Å². The van der Waals surface area contributed by atoms with Gasteiger partial charge >= 0.3 is 5.69 Å². The number of aryl methyl sites for hydroxylation is 1. The summed E-state index contributed by atoms with van der Waals surface area (Å²) in [6, 6.07) is 1.90. The molecule has 21 heavy (non-hydrogen) atoms. The van der Waals surface area contributed by atoms with Gasteiger partial charge in [-0.3, -0.25) is 9.36 Å². The molecule has 0 radical (unpaired) electrons. The number of aromatic amines is 1. The van der Waals surface area contributed by atoms with E-state index in [-0.39, 0.29) is 11.6 Å². The summed E-state index contributed by atoms with van der Waals surface area (Å²) < 4.78 is 1.48. The van der Waals surface area contributed by atoms with Gasteiger partial charge in [-0.1, -0.05) is 0 Å². The molecule has 3 heterocycles. The van der Waals surface area contributed by atoms with Crippen molar-refractivity contribution in [3.8, 4) is 0 Å². The highest BCUT2D eigenvalue weighted by Gasteiger charge is 2.11. The lowest BCUT2D eigenvalue weighted by Crippen LogP contribution is -2.30. The first kappa shape index (κ1) is 13.5. The van der Waals surface area contributed by atoms with E-state index < -0.39 is 0 Å². The number of thiophene rings is 1. The van der Waals surface area contributed by atoms with Crippen LogP contribution in [0.1, 0.15) is 15.2 Å². The average Bonchev–Trinajstić information content (AvgIpc) is 3.03. The van der Waals surface area contributed by atoms with Gasteiger partial charge in [0, 0.05) is 13.1 Å². The number of hydrogen-bond acceptors (Lipinski definition) is 5. The standard InChI is InChI=1S/C13H13N5O2S/c1-8-2-5-21-10(8)12(19)15-3-4-18-11-9(17-13(18)20)6-14-7-16-11/h2,5-7H,3-4H2,1H3,(H,15,19)(H,17,20). The lowest BCUT2D eigenvalue weighted by Gasteiger charge is -2.05. The molecule has 1 amide bonds. The van der Waals surface area contributed by atoms with Crippen LogP contribution in [0.3, 0.4) is 0 Å². The van der Waals surface area contributed by atoms with Gasteiger partial charge in [0.05, 0.1) is 11.1 Å². The average molecular weight is 303 g/mol. The van der Waals surface area contributed by atoms with E-state index in [1.807, 2.05) is 18.4 Å². The third kappa shape index (κ3) is 2.57. The number of imidazole rings is 1. The van der Waals surface area contributed by atoms with Crippen molar-refractivity contribution < 1.29 is 4.79 Å². The number of carbonyl (C=O) groups is 1. The summed E-state index contributed by atoms with van der Waals surface area (Å²) in [5.41, 5.74) is 1.82. The number of amides is 1. The number of carbonyl (C=O) groups excluding carboxylic acids is 1. The first-order chi connectivity index (χ1) is 10.2. The Morgan fingerprint density at radius 1 is 1.52 bits per heavy atom. The van der Waals surface area contributed by atoms with E-state index in [9.17, 15) is 9.59 Å². The van der Waals surface area contributed by atoms with Gasteiger partial charge in [-0.25, -0.2) is 14.8 Å². The molecule has 0 spiro atoms.